The van der Waals surface area contributed by atoms with E-state index in [1.165, 1.54) is 18.2 Å². The summed E-state index contributed by atoms with van der Waals surface area (Å²) in [7, 11) is 0. The molecule has 0 aliphatic carbocycles. The number of hydrogen-bond acceptors (Lipinski definition) is 5. The van der Waals surface area contributed by atoms with Crippen molar-refractivity contribution in [1.82, 2.24) is 21.3 Å². The van der Waals surface area contributed by atoms with Crippen molar-refractivity contribution in [3.05, 3.63) is 83.9 Å². The van der Waals surface area contributed by atoms with Gasteiger partial charge in [-0.2, -0.15) is 0 Å². The molecule has 216 valence electrons. The first-order valence-electron chi connectivity index (χ1n) is 13.2. The molecule has 1 saturated heterocycles. The minimum Gasteiger partial charge on any atom is -0.406 e. The molecule has 0 radical (unpaired) electrons. The molecule has 0 aromatic heterocycles. The van der Waals surface area contributed by atoms with Crippen LogP contribution in [-0.4, -0.2) is 55.8 Å². The van der Waals surface area contributed by atoms with E-state index in [2.05, 4.69) is 26.0 Å². The number of nitrogens with one attached hydrogen (secondary N) is 4. The highest BCUT2D eigenvalue weighted by Gasteiger charge is 2.40. The molecule has 1 fully saturated rings. The molecule has 0 spiro atoms. The van der Waals surface area contributed by atoms with Crippen molar-refractivity contribution in [2.24, 2.45) is 0 Å². The van der Waals surface area contributed by atoms with E-state index in [4.69, 9.17) is 0 Å². The highest BCUT2D eigenvalue weighted by Crippen LogP contribution is 2.24. The van der Waals surface area contributed by atoms with Crippen LogP contribution in [0.4, 0.5) is 13.2 Å². The maximum absolute atomic E-state index is 13.2. The first-order chi connectivity index (χ1) is 19.6. The molecule has 41 heavy (non-hydrogen) atoms. The molecule has 8 nitrogen and oxygen atoms in total. The van der Waals surface area contributed by atoms with Crippen molar-refractivity contribution in [2.75, 3.05) is 26.2 Å². The molecule has 0 bridgehead atoms. The zero-order valence-electron chi connectivity index (χ0n) is 22.2. The number of carbonyl (C=O) groups is 3. The Balaban J connectivity index is 1.29. The Morgan fingerprint density at radius 2 is 1.63 bits per heavy atom. The van der Waals surface area contributed by atoms with Gasteiger partial charge in [0.15, 0.2) is 0 Å². The van der Waals surface area contributed by atoms with E-state index in [9.17, 15) is 27.6 Å². The van der Waals surface area contributed by atoms with Crippen molar-refractivity contribution in [3.8, 4) is 5.75 Å². The number of hydrogen-bond donors (Lipinski definition) is 4. The molecular weight excluding hydrogens is 537 g/mol. The Labute approximate surface area is 235 Å². The van der Waals surface area contributed by atoms with Crippen molar-refractivity contribution >= 4 is 34.6 Å². The maximum atomic E-state index is 13.2. The standard InChI is InChI=1S/C30H31F3N4O4/c31-30(32,33)41-24-9-3-5-21(19-24)11-12-26(38)37-29(13-15-34-16-14-29)28(40)36-18-17-35-27(39)20-23-8-4-7-22-6-1-2-10-25(22)23/h1-12,19,34H,13-18,20H2,(H,35,39)(H,36,40)(H,37,38)/b12-11+. The van der Waals surface area contributed by atoms with Gasteiger partial charge in [0.1, 0.15) is 11.3 Å². The summed E-state index contributed by atoms with van der Waals surface area (Å²) in [5.41, 5.74) is 0.0690. The van der Waals surface area contributed by atoms with Gasteiger partial charge in [0.25, 0.3) is 0 Å². The van der Waals surface area contributed by atoms with Crippen molar-refractivity contribution < 1.29 is 32.3 Å². The Hall–Kier alpha value is -4.38. The Kier molecular flexibility index (Phi) is 9.61. The summed E-state index contributed by atoms with van der Waals surface area (Å²) in [6.45, 7) is 1.41. The van der Waals surface area contributed by atoms with Crippen LogP contribution in [-0.2, 0) is 20.8 Å². The summed E-state index contributed by atoms with van der Waals surface area (Å²) < 4.78 is 41.4. The highest BCUT2D eigenvalue weighted by molar-refractivity contribution is 5.97. The molecule has 1 aliphatic rings. The average molecular weight is 569 g/mol. The molecule has 3 amide bonds. The van der Waals surface area contributed by atoms with Gasteiger partial charge in [0, 0.05) is 19.2 Å². The predicted octanol–water partition coefficient (Wildman–Crippen LogP) is 3.47. The second-order valence-corrected chi connectivity index (χ2v) is 9.70. The molecule has 11 heteroatoms. The maximum Gasteiger partial charge on any atom is 0.573 e. The number of fused-ring (bicyclic) bond motifs is 1. The predicted molar refractivity (Wildman–Crippen MR) is 149 cm³/mol. The third-order valence-electron chi connectivity index (χ3n) is 6.74. The van der Waals surface area contributed by atoms with Crippen molar-refractivity contribution in [1.29, 1.82) is 0 Å². The fraction of sp³-hybridized carbons (Fsp3) is 0.300. The van der Waals surface area contributed by atoms with Gasteiger partial charge in [-0.3, -0.25) is 14.4 Å². The lowest BCUT2D eigenvalue weighted by molar-refractivity contribution is -0.274. The van der Waals surface area contributed by atoms with Crippen LogP contribution in [0.15, 0.2) is 72.8 Å². The normalized spacial score (nSPS) is 14.9. The fourth-order valence-corrected chi connectivity index (χ4v) is 4.76. The number of carbonyl (C=O) groups excluding carboxylic acids is 3. The first kappa shape index (κ1) is 29.6. The summed E-state index contributed by atoms with van der Waals surface area (Å²) >= 11 is 0. The Bertz CT molecular complexity index is 1410. The lowest BCUT2D eigenvalue weighted by Crippen LogP contribution is -2.63. The van der Waals surface area contributed by atoms with Gasteiger partial charge in [-0.05, 0) is 66.0 Å². The molecule has 4 rings (SSSR count). The number of rotatable bonds is 10. The summed E-state index contributed by atoms with van der Waals surface area (Å²) in [4.78, 5) is 38.4. The van der Waals surface area contributed by atoms with Crippen LogP contribution < -0.4 is 26.0 Å². The van der Waals surface area contributed by atoms with E-state index in [1.54, 1.807) is 0 Å². The summed E-state index contributed by atoms with van der Waals surface area (Å²) in [5.74, 6) is -1.51. The van der Waals surface area contributed by atoms with E-state index in [1.807, 2.05) is 42.5 Å². The number of halogens is 3. The smallest absolute Gasteiger partial charge is 0.406 e. The SMILES string of the molecule is O=C(/C=C/c1cccc(OC(F)(F)F)c1)NC1(C(=O)NCCNC(=O)Cc2cccc3ccccc23)CCNCC1. The zero-order valence-corrected chi connectivity index (χ0v) is 22.2. The summed E-state index contributed by atoms with van der Waals surface area (Å²) in [5, 5.41) is 13.6. The van der Waals surface area contributed by atoms with Crippen LogP contribution in [0.1, 0.15) is 24.0 Å². The molecule has 4 N–H and O–H groups in total. The summed E-state index contributed by atoms with van der Waals surface area (Å²) in [6.07, 6.45) is -1.41. The minimum atomic E-state index is -4.83. The zero-order chi connectivity index (χ0) is 29.3. The number of piperidine rings is 1. The van der Waals surface area contributed by atoms with Crippen LogP contribution in [0, 0.1) is 0 Å². The van der Waals surface area contributed by atoms with Crippen LogP contribution >= 0.6 is 0 Å². The minimum absolute atomic E-state index is 0.171. The molecule has 1 aliphatic heterocycles. The van der Waals surface area contributed by atoms with Gasteiger partial charge in [-0.1, -0.05) is 54.6 Å². The molecule has 3 aromatic rings. The number of amides is 3. The van der Waals surface area contributed by atoms with Crippen LogP contribution in [0.5, 0.6) is 5.75 Å². The van der Waals surface area contributed by atoms with Gasteiger partial charge < -0.3 is 26.0 Å². The average Bonchev–Trinajstić information content (AvgIpc) is 2.94. The molecule has 0 saturated carbocycles. The van der Waals surface area contributed by atoms with Crippen LogP contribution in [0.3, 0.4) is 0 Å². The van der Waals surface area contributed by atoms with E-state index < -0.39 is 23.6 Å². The van der Waals surface area contributed by atoms with Gasteiger partial charge in [0.05, 0.1) is 6.42 Å². The van der Waals surface area contributed by atoms with Crippen molar-refractivity contribution in [2.45, 2.75) is 31.2 Å². The first-order valence-corrected chi connectivity index (χ1v) is 13.2. The van der Waals surface area contributed by atoms with Gasteiger partial charge in [-0.15, -0.1) is 13.2 Å². The van der Waals surface area contributed by atoms with Gasteiger partial charge in [0.2, 0.25) is 17.7 Å². The van der Waals surface area contributed by atoms with E-state index in [-0.39, 0.29) is 31.3 Å². The second kappa shape index (κ2) is 13.3. The lowest BCUT2D eigenvalue weighted by Gasteiger charge is -2.36. The second-order valence-electron chi connectivity index (χ2n) is 9.70. The lowest BCUT2D eigenvalue weighted by atomic mass is 9.87. The van der Waals surface area contributed by atoms with Crippen molar-refractivity contribution in [3.63, 3.8) is 0 Å². The molecule has 1 heterocycles. The Morgan fingerprint density at radius 3 is 2.41 bits per heavy atom. The largest absolute Gasteiger partial charge is 0.573 e. The topological polar surface area (TPSA) is 109 Å². The van der Waals surface area contributed by atoms with E-state index in [0.717, 1.165) is 34.5 Å². The Morgan fingerprint density at radius 1 is 0.927 bits per heavy atom. The quantitative estimate of drug-likeness (QED) is 0.221. The third kappa shape index (κ3) is 8.55. The van der Waals surface area contributed by atoms with E-state index >= 15 is 0 Å². The van der Waals surface area contributed by atoms with E-state index in [0.29, 0.717) is 31.5 Å². The van der Waals surface area contributed by atoms with Gasteiger partial charge >= 0.3 is 6.36 Å². The number of ether oxygens (including phenoxy) is 1. The monoisotopic (exact) mass is 568 g/mol. The molecule has 0 unspecified atom stereocenters. The molecular formula is C30H31F3N4O4. The molecule has 0 atom stereocenters. The van der Waals surface area contributed by atoms with Gasteiger partial charge in [-0.25, -0.2) is 0 Å². The number of benzene rings is 3. The van der Waals surface area contributed by atoms with Crippen LogP contribution in [0.25, 0.3) is 16.8 Å². The van der Waals surface area contributed by atoms with Crippen LogP contribution in [0.2, 0.25) is 0 Å². The summed E-state index contributed by atoms with van der Waals surface area (Å²) in [6, 6.07) is 18.8. The fourth-order valence-electron chi connectivity index (χ4n) is 4.76. The number of alkyl halides is 3. The third-order valence-corrected chi connectivity index (χ3v) is 6.74. The highest BCUT2D eigenvalue weighted by atomic mass is 19.4. The molecule has 3 aromatic carbocycles.